The van der Waals surface area contributed by atoms with E-state index in [0.29, 0.717) is 44.3 Å². The van der Waals surface area contributed by atoms with Gasteiger partial charge in [-0.2, -0.15) is 0 Å². The van der Waals surface area contributed by atoms with Gasteiger partial charge in [0, 0.05) is 44.3 Å². The normalized spacial score (nSPS) is 14.0. The molecule has 1 aliphatic heterocycles. The average Bonchev–Trinajstić information content (AvgIpc) is 2.70. The maximum Gasteiger partial charge on any atom is 0.257 e. The topological polar surface area (TPSA) is 87.7 Å². The summed E-state index contributed by atoms with van der Waals surface area (Å²) < 4.78 is 5.40. The molecule has 136 valence electrons. The Balaban J connectivity index is 1.59. The van der Waals surface area contributed by atoms with E-state index in [9.17, 15) is 9.59 Å². The highest BCUT2D eigenvalue weighted by molar-refractivity contribution is 5.93. The van der Waals surface area contributed by atoms with Crippen molar-refractivity contribution in [2.24, 2.45) is 0 Å². The first-order chi connectivity index (χ1) is 12.7. The molecule has 1 aromatic heterocycles. The van der Waals surface area contributed by atoms with Crippen molar-refractivity contribution in [3.05, 3.63) is 42.2 Å². The van der Waals surface area contributed by atoms with E-state index >= 15 is 0 Å². The lowest BCUT2D eigenvalue weighted by molar-refractivity contribution is -0.119. The van der Waals surface area contributed by atoms with Crippen molar-refractivity contribution in [1.82, 2.24) is 19.8 Å². The van der Waals surface area contributed by atoms with Crippen molar-refractivity contribution < 1.29 is 14.3 Å². The zero-order valence-corrected chi connectivity index (χ0v) is 14.6. The highest BCUT2D eigenvalue weighted by atomic mass is 16.5. The Morgan fingerprint density at radius 2 is 1.81 bits per heavy atom. The first kappa shape index (κ1) is 17.7. The predicted octanol–water partition coefficient (Wildman–Crippen LogP) is 1.53. The second-order valence-corrected chi connectivity index (χ2v) is 5.81. The number of nitrogens with one attached hydrogen (secondary N) is 1. The monoisotopic (exact) mass is 355 g/mol. The molecule has 0 unspecified atom stereocenters. The minimum atomic E-state index is -0.122. The molecule has 2 heterocycles. The van der Waals surface area contributed by atoms with Crippen LogP contribution in [0.3, 0.4) is 0 Å². The van der Waals surface area contributed by atoms with Crippen LogP contribution in [-0.2, 0) is 4.79 Å². The third-order valence-corrected chi connectivity index (χ3v) is 4.07. The highest BCUT2D eigenvalue weighted by Gasteiger charge is 2.21. The SMILES string of the molecule is CCOc1ccc(Nc2ncc(C(=O)N3CCN(C=O)CC3)cn2)cc1. The molecule has 1 N–H and O–H groups in total. The zero-order valence-electron chi connectivity index (χ0n) is 14.6. The van der Waals surface area contributed by atoms with Gasteiger partial charge in [0.2, 0.25) is 12.4 Å². The lowest BCUT2D eigenvalue weighted by Crippen LogP contribution is -2.48. The summed E-state index contributed by atoms with van der Waals surface area (Å²) in [6, 6.07) is 7.48. The van der Waals surface area contributed by atoms with Crippen molar-refractivity contribution >= 4 is 24.0 Å². The molecule has 0 aliphatic carbocycles. The smallest absolute Gasteiger partial charge is 0.257 e. The fourth-order valence-electron chi connectivity index (χ4n) is 2.65. The fraction of sp³-hybridized carbons (Fsp3) is 0.333. The lowest BCUT2D eigenvalue weighted by Gasteiger charge is -2.32. The van der Waals surface area contributed by atoms with E-state index in [4.69, 9.17) is 4.74 Å². The highest BCUT2D eigenvalue weighted by Crippen LogP contribution is 2.18. The van der Waals surface area contributed by atoms with Crippen LogP contribution in [0.5, 0.6) is 5.75 Å². The first-order valence-corrected chi connectivity index (χ1v) is 8.50. The Hall–Kier alpha value is -3.16. The number of piperazine rings is 1. The summed E-state index contributed by atoms with van der Waals surface area (Å²) in [6.45, 7) is 4.69. The number of benzene rings is 1. The molecule has 2 aromatic rings. The Labute approximate surface area is 151 Å². The molecule has 0 bridgehead atoms. The van der Waals surface area contributed by atoms with E-state index in [-0.39, 0.29) is 5.91 Å². The number of ether oxygens (including phenoxy) is 1. The summed E-state index contributed by atoms with van der Waals surface area (Å²) in [4.78, 5) is 35.0. The molecular weight excluding hydrogens is 334 g/mol. The van der Waals surface area contributed by atoms with E-state index in [1.165, 1.54) is 12.4 Å². The minimum absolute atomic E-state index is 0.122. The summed E-state index contributed by atoms with van der Waals surface area (Å²) >= 11 is 0. The summed E-state index contributed by atoms with van der Waals surface area (Å²) in [6.07, 6.45) is 3.84. The van der Waals surface area contributed by atoms with E-state index in [1.807, 2.05) is 31.2 Å². The van der Waals surface area contributed by atoms with Crippen molar-refractivity contribution in [3.63, 3.8) is 0 Å². The van der Waals surface area contributed by atoms with Crippen molar-refractivity contribution in [3.8, 4) is 5.75 Å². The number of anilines is 2. The number of aromatic nitrogens is 2. The van der Waals surface area contributed by atoms with Gasteiger partial charge in [0.15, 0.2) is 0 Å². The van der Waals surface area contributed by atoms with Gasteiger partial charge >= 0.3 is 0 Å². The van der Waals surface area contributed by atoms with Gasteiger partial charge in [-0.25, -0.2) is 9.97 Å². The molecule has 26 heavy (non-hydrogen) atoms. The summed E-state index contributed by atoms with van der Waals surface area (Å²) in [5, 5.41) is 3.08. The van der Waals surface area contributed by atoms with Gasteiger partial charge in [0.1, 0.15) is 5.75 Å². The molecule has 0 radical (unpaired) electrons. The fourth-order valence-corrected chi connectivity index (χ4v) is 2.65. The average molecular weight is 355 g/mol. The van der Waals surface area contributed by atoms with E-state index in [1.54, 1.807) is 9.80 Å². The van der Waals surface area contributed by atoms with Crippen LogP contribution in [0, 0.1) is 0 Å². The summed E-state index contributed by atoms with van der Waals surface area (Å²) in [7, 11) is 0. The number of carbonyl (C=O) groups excluding carboxylic acids is 2. The van der Waals surface area contributed by atoms with Crippen molar-refractivity contribution in [2.75, 3.05) is 38.1 Å². The standard InChI is InChI=1S/C18H21N5O3/c1-2-26-16-5-3-15(4-6-16)21-18-19-11-14(12-20-18)17(25)23-9-7-22(13-24)8-10-23/h3-6,11-13H,2,7-10H2,1H3,(H,19,20,21). The molecule has 1 fully saturated rings. The van der Waals surface area contributed by atoms with E-state index in [2.05, 4.69) is 15.3 Å². The molecular formula is C18H21N5O3. The van der Waals surface area contributed by atoms with Crippen LogP contribution >= 0.6 is 0 Å². The Kier molecular flexibility index (Phi) is 5.62. The molecule has 2 amide bonds. The first-order valence-electron chi connectivity index (χ1n) is 8.50. The number of hydrogen-bond donors (Lipinski definition) is 1. The van der Waals surface area contributed by atoms with Gasteiger partial charge in [-0.05, 0) is 31.2 Å². The molecule has 0 spiro atoms. The van der Waals surface area contributed by atoms with Crippen LogP contribution in [0.1, 0.15) is 17.3 Å². The van der Waals surface area contributed by atoms with Crippen LogP contribution in [-0.4, -0.2) is 64.9 Å². The number of carbonyl (C=O) groups is 2. The predicted molar refractivity (Wildman–Crippen MR) is 96.5 cm³/mol. The number of nitrogens with zero attached hydrogens (tertiary/aromatic N) is 4. The van der Waals surface area contributed by atoms with Crippen molar-refractivity contribution in [1.29, 1.82) is 0 Å². The number of hydrogen-bond acceptors (Lipinski definition) is 6. The largest absolute Gasteiger partial charge is 0.494 e. The van der Waals surface area contributed by atoms with Crippen LogP contribution in [0.2, 0.25) is 0 Å². The van der Waals surface area contributed by atoms with Crippen molar-refractivity contribution in [2.45, 2.75) is 6.92 Å². The summed E-state index contributed by atoms with van der Waals surface area (Å²) in [5.74, 6) is 1.09. The second-order valence-electron chi connectivity index (χ2n) is 5.81. The molecule has 1 aromatic carbocycles. The number of rotatable bonds is 6. The van der Waals surface area contributed by atoms with Crippen LogP contribution in [0.25, 0.3) is 0 Å². The van der Waals surface area contributed by atoms with E-state index < -0.39 is 0 Å². The van der Waals surface area contributed by atoms with Gasteiger partial charge in [-0.15, -0.1) is 0 Å². The van der Waals surface area contributed by atoms with Gasteiger partial charge in [0.05, 0.1) is 12.2 Å². The molecule has 1 saturated heterocycles. The third kappa shape index (κ3) is 4.27. The third-order valence-electron chi connectivity index (χ3n) is 4.07. The van der Waals surface area contributed by atoms with Gasteiger partial charge in [-0.3, -0.25) is 9.59 Å². The lowest BCUT2D eigenvalue weighted by atomic mass is 10.2. The second kappa shape index (κ2) is 8.28. The molecule has 8 heteroatoms. The Bertz CT molecular complexity index is 740. The molecule has 0 atom stereocenters. The molecule has 1 aliphatic rings. The van der Waals surface area contributed by atoms with Crippen LogP contribution in [0.15, 0.2) is 36.7 Å². The Morgan fingerprint density at radius 1 is 1.15 bits per heavy atom. The zero-order chi connectivity index (χ0) is 18.4. The van der Waals surface area contributed by atoms with E-state index in [0.717, 1.165) is 17.8 Å². The minimum Gasteiger partial charge on any atom is -0.494 e. The molecule has 8 nitrogen and oxygen atoms in total. The Morgan fingerprint density at radius 3 is 2.38 bits per heavy atom. The maximum absolute atomic E-state index is 12.5. The van der Waals surface area contributed by atoms with Crippen LogP contribution < -0.4 is 10.1 Å². The van der Waals surface area contributed by atoms with Gasteiger partial charge < -0.3 is 19.9 Å². The van der Waals surface area contributed by atoms with Crippen LogP contribution in [0.4, 0.5) is 11.6 Å². The van der Waals surface area contributed by atoms with Gasteiger partial charge in [-0.1, -0.05) is 0 Å². The number of amides is 2. The summed E-state index contributed by atoms with van der Waals surface area (Å²) in [5.41, 5.74) is 1.26. The molecule has 3 rings (SSSR count). The van der Waals surface area contributed by atoms with Gasteiger partial charge in [0.25, 0.3) is 5.91 Å². The maximum atomic E-state index is 12.5. The molecule has 0 saturated carbocycles. The quantitative estimate of drug-likeness (QED) is 0.791.